The minimum Gasteiger partial charge on any atom is -0.494 e. The molecule has 7 heteroatoms. The number of nitrogens with zero attached hydrogens (tertiary/aromatic N) is 2. The summed E-state index contributed by atoms with van der Waals surface area (Å²) in [5.41, 5.74) is 3.97. The van der Waals surface area contributed by atoms with Gasteiger partial charge in [-0.3, -0.25) is 4.72 Å². The summed E-state index contributed by atoms with van der Waals surface area (Å²) in [6, 6.07) is 15.9. The molecule has 1 aromatic heterocycles. The number of nitrogens with one attached hydrogen (secondary N) is 1. The Bertz CT molecular complexity index is 1230. The molecule has 1 N–H and O–H groups in total. The number of ether oxygens (including phenoxy) is 1. The molecular formula is C24H27N3O3S. The lowest BCUT2D eigenvalue weighted by atomic mass is 9.92. The van der Waals surface area contributed by atoms with Crippen molar-refractivity contribution >= 4 is 26.6 Å². The monoisotopic (exact) mass is 437 g/mol. The Morgan fingerprint density at radius 2 is 1.90 bits per heavy atom. The van der Waals surface area contributed by atoms with Gasteiger partial charge in [0.05, 0.1) is 29.1 Å². The van der Waals surface area contributed by atoms with Crippen molar-refractivity contribution in [2.75, 3.05) is 17.1 Å². The van der Waals surface area contributed by atoms with Crippen molar-refractivity contribution in [2.24, 2.45) is 0 Å². The fourth-order valence-electron chi connectivity index (χ4n) is 4.16. The minimum atomic E-state index is -3.34. The van der Waals surface area contributed by atoms with E-state index in [-0.39, 0.29) is 5.75 Å². The number of hydrogen-bond donors (Lipinski definition) is 1. The lowest BCUT2D eigenvalue weighted by Gasteiger charge is -2.30. The second kappa shape index (κ2) is 8.64. The van der Waals surface area contributed by atoms with E-state index in [0.29, 0.717) is 30.3 Å². The van der Waals surface area contributed by atoms with Gasteiger partial charge < -0.3 is 9.30 Å². The zero-order valence-corrected chi connectivity index (χ0v) is 18.7. The van der Waals surface area contributed by atoms with E-state index in [1.165, 1.54) is 6.42 Å². The van der Waals surface area contributed by atoms with Gasteiger partial charge in [-0.15, -0.1) is 0 Å². The SMILES string of the molecule is CCCS(=O)(=O)Nc1ccc(-c2c(C#N)c3ccc(OCC)cc3n2C2CCC2)cc1. The Morgan fingerprint density at radius 3 is 2.48 bits per heavy atom. The maximum absolute atomic E-state index is 12.1. The van der Waals surface area contributed by atoms with E-state index in [1.54, 1.807) is 12.1 Å². The fraction of sp³-hybridized carbons (Fsp3) is 0.375. The van der Waals surface area contributed by atoms with E-state index in [2.05, 4.69) is 15.4 Å². The summed E-state index contributed by atoms with van der Waals surface area (Å²) in [6.07, 6.45) is 3.89. The third-order valence-electron chi connectivity index (χ3n) is 5.74. The molecule has 2 aromatic carbocycles. The first-order valence-electron chi connectivity index (χ1n) is 10.8. The molecule has 31 heavy (non-hydrogen) atoms. The van der Waals surface area contributed by atoms with Crippen molar-refractivity contribution in [2.45, 2.75) is 45.6 Å². The summed E-state index contributed by atoms with van der Waals surface area (Å²) in [5.74, 6) is 0.885. The highest BCUT2D eigenvalue weighted by atomic mass is 32.2. The maximum atomic E-state index is 12.1. The van der Waals surface area contributed by atoms with Crippen LogP contribution in [0, 0.1) is 11.3 Å². The molecule has 1 aliphatic rings. The Hall–Kier alpha value is -2.98. The number of fused-ring (bicyclic) bond motifs is 1. The summed E-state index contributed by atoms with van der Waals surface area (Å²) < 4.78 is 34.8. The molecule has 1 fully saturated rings. The van der Waals surface area contributed by atoms with E-state index in [0.717, 1.165) is 40.8 Å². The molecule has 4 rings (SSSR count). The van der Waals surface area contributed by atoms with Crippen LogP contribution in [0.15, 0.2) is 42.5 Å². The molecule has 0 unspecified atom stereocenters. The third-order valence-corrected chi connectivity index (χ3v) is 7.24. The van der Waals surface area contributed by atoms with Crippen LogP contribution in [0.3, 0.4) is 0 Å². The van der Waals surface area contributed by atoms with Gasteiger partial charge in [0.25, 0.3) is 0 Å². The van der Waals surface area contributed by atoms with Crippen molar-refractivity contribution in [3.63, 3.8) is 0 Å². The Kier molecular flexibility index (Phi) is 5.92. The van der Waals surface area contributed by atoms with Gasteiger partial charge in [0.1, 0.15) is 11.8 Å². The predicted molar refractivity (Wildman–Crippen MR) is 124 cm³/mol. The predicted octanol–water partition coefficient (Wildman–Crippen LogP) is 5.46. The molecule has 0 aliphatic heterocycles. The number of aromatic nitrogens is 1. The van der Waals surface area contributed by atoms with Crippen LogP contribution >= 0.6 is 0 Å². The highest BCUT2D eigenvalue weighted by Gasteiger charge is 2.28. The molecule has 1 heterocycles. The number of nitriles is 1. The van der Waals surface area contributed by atoms with Crippen LogP contribution in [0.5, 0.6) is 5.75 Å². The largest absolute Gasteiger partial charge is 0.494 e. The second-order valence-electron chi connectivity index (χ2n) is 7.90. The number of benzene rings is 2. The van der Waals surface area contributed by atoms with Crippen molar-refractivity contribution in [3.05, 3.63) is 48.0 Å². The van der Waals surface area contributed by atoms with Crippen LogP contribution in [0.25, 0.3) is 22.2 Å². The van der Waals surface area contributed by atoms with Crippen molar-refractivity contribution in [1.82, 2.24) is 4.57 Å². The van der Waals surface area contributed by atoms with Crippen LogP contribution in [0.2, 0.25) is 0 Å². The fourth-order valence-corrected chi connectivity index (χ4v) is 5.30. The van der Waals surface area contributed by atoms with Crippen molar-refractivity contribution < 1.29 is 13.2 Å². The quantitative estimate of drug-likeness (QED) is 0.507. The van der Waals surface area contributed by atoms with Gasteiger partial charge in [0.2, 0.25) is 10.0 Å². The summed E-state index contributed by atoms with van der Waals surface area (Å²) in [4.78, 5) is 0. The van der Waals surface area contributed by atoms with E-state index in [4.69, 9.17) is 4.74 Å². The number of anilines is 1. The molecule has 3 aromatic rings. The van der Waals surface area contributed by atoms with Gasteiger partial charge in [0.15, 0.2) is 0 Å². The van der Waals surface area contributed by atoms with Crippen LogP contribution < -0.4 is 9.46 Å². The Morgan fingerprint density at radius 1 is 1.16 bits per heavy atom. The van der Waals surface area contributed by atoms with Crippen molar-refractivity contribution in [1.29, 1.82) is 5.26 Å². The standard InChI is InChI=1S/C24H27N3O3S/c1-3-14-31(28,29)26-18-10-8-17(9-11-18)24-22(16-25)21-13-12-20(30-4-2)15-23(21)27(24)19-6-5-7-19/h8-13,15,19,26H,3-7,14H2,1-2H3. The normalized spacial score (nSPS) is 14.2. The van der Waals surface area contributed by atoms with E-state index < -0.39 is 10.0 Å². The maximum Gasteiger partial charge on any atom is 0.232 e. The smallest absolute Gasteiger partial charge is 0.232 e. The van der Waals surface area contributed by atoms with E-state index in [1.807, 2.05) is 44.2 Å². The molecule has 6 nitrogen and oxygen atoms in total. The van der Waals surface area contributed by atoms with Crippen LogP contribution in [0.1, 0.15) is 51.1 Å². The first-order valence-corrected chi connectivity index (χ1v) is 12.4. The average Bonchev–Trinajstić information content (AvgIpc) is 3.01. The minimum absolute atomic E-state index is 0.0887. The zero-order valence-electron chi connectivity index (χ0n) is 17.9. The molecular weight excluding hydrogens is 410 g/mol. The lowest BCUT2D eigenvalue weighted by molar-refractivity contribution is 0.322. The summed E-state index contributed by atoms with van der Waals surface area (Å²) in [5, 5.41) is 10.9. The first kappa shape index (κ1) is 21.3. The molecule has 1 aliphatic carbocycles. The molecule has 162 valence electrons. The molecule has 0 radical (unpaired) electrons. The average molecular weight is 438 g/mol. The van der Waals surface area contributed by atoms with Gasteiger partial charge in [-0.2, -0.15) is 5.26 Å². The summed E-state index contributed by atoms with van der Waals surface area (Å²) in [7, 11) is -3.34. The van der Waals surface area contributed by atoms with Crippen LogP contribution in [-0.4, -0.2) is 25.3 Å². The first-order chi connectivity index (χ1) is 15.0. The topological polar surface area (TPSA) is 84.1 Å². The van der Waals surface area contributed by atoms with Crippen LogP contribution in [0.4, 0.5) is 5.69 Å². The van der Waals surface area contributed by atoms with Gasteiger partial charge in [-0.25, -0.2) is 8.42 Å². The summed E-state index contributed by atoms with van der Waals surface area (Å²) >= 11 is 0. The Balaban J connectivity index is 1.82. The number of hydrogen-bond acceptors (Lipinski definition) is 4. The van der Waals surface area contributed by atoms with Gasteiger partial charge in [0, 0.05) is 23.2 Å². The van der Waals surface area contributed by atoms with Crippen molar-refractivity contribution in [3.8, 4) is 23.1 Å². The van der Waals surface area contributed by atoms with Gasteiger partial charge >= 0.3 is 0 Å². The van der Waals surface area contributed by atoms with Gasteiger partial charge in [-0.05, 0) is 62.4 Å². The van der Waals surface area contributed by atoms with E-state index >= 15 is 0 Å². The molecule has 0 saturated heterocycles. The lowest BCUT2D eigenvalue weighted by Crippen LogP contribution is -2.18. The molecule has 0 amide bonds. The number of rotatable bonds is 8. The highest BCUT2D eigenvalue weighted by Crippen LogP contribution is 2.43. The molecule has 0 spiro atoms. The van der Waals surface area contributed by atoms with E-state index in [9.17, 15) is 13.7 Å². The summed E-state index contributed by atoms with van der Waals surface area (Å²) in [6.45, 7) is 4.38. The molecule has 1 saturated carbocycles. The third kappa shape index (κ3) is 4.13. The number of sulfonamides is 1. The zero-order chi connectivity index (χ0) is 22.0. The second-order valence-corrected chi connectivity index (χ2v) is 9.74. The molecule has 0 atom stereocenters. The van der Waals surface area contributed by atoms with Gasteiger partial charge in [-0.1, -0.05) is 19.1 Å². The Labute approximate surface area is 183 Å². The highest BCUT2D eigenvalue weighted by molar-refractivity contribution is 7.92. The molecule has 0 bridgehead atoms. The van der Waals surface area contributed by atoms with Crippen LogP contribution in [-0.2, 0) is 10.0 Å².